The third kappa shape index (κ3) is 2.81. The maximum atomic E-state index is 13.0. The summed E-state index contributed by atoms with van der Waals surface area (Å²) in [5.41, 5.74) is 5.05. The zero-order chi connectivity index (χ0) is 12.6. The Labute approximate surface area is 87.7 Å². The van der Waals surface area contributed by atoms with Crippen molar-refractivity contribution in [3.05, 3.63) is 0 Å². The van der Waals surface area contributed by atoms with Crippen LogP contribution in [0.3, 0.4) is 0 Å². The van der Waals surface area contributed by atoms with Gasteiger partial charge in [0.1, 0.15) is 12.1 Å². The molecule has 0 aromatic rings. The van der Waals surface area contributed by atoms with Gasteiger partial charge in [0.05, 0.1) is 0 Å². The van der Waals surface area contributed by atoms with E-state index in [0.29, 0.717) is 0 Å². The Balaban J connectivity index is 2.65. The largest absolute Gasteiger partial charge is 0.490 e. The van der Waals surface area contributed by atoms with Gasteiger partial charge in [-0.05, 0) is 12.8 Å². The maximum absolute atomic E-state index is 13.0. The second-order valence-corrected chi connectivity index (χ2v) is 3.62. The molecule has 1 aliphatic carbocycles. The van der Waals surface area contributed by atoms with Crippen LogP contribution in [0.2, 0.25) is 0 Å². The first-order valence-corrected chi connectivity index (χ1v) is 4.56. The highest BCUT2D eigenvalue weighted by molar-refractivity contribution is 5.75. The van der Waals surface area contributed by atoms with Crippen LogP contribution in [0.25, 0.3) is 0 Å². The first-order valence-electron chi connectivity index (χ1n) is 4.56. The first kappa shape index (κ1) is 13.1. The summed E-state index contributed by atoms with van der Waals surface area (Å²) in [6.07, 6.45) is -7.40. The van der Waals surface area contributed by atoms with Gasteiger partial charge < -0.3 is 10.5 Å². The number of hydrogen-bond acceptors (Lipinski definition) is 3. The number of carbonyl (C=O) groups is 1. The van der Waals surface area contributed by atoms with Crippen LogP contribution in [0.5, 0.6) is 0 Å². The quantitative estimate of drug-likeness (QED) is 0.565. The van der Waals surface area contributed by atoms with Gasteiger partial charge in [-0.25, -0.2) is 13.6 Å². The zero-order valence-electron chi connectivity index (χ0n) is 8.06. The minimum atomic E-state index is -5.19. The van der Waals surface area contributed by atoms with E-state index in [1.807, 2.05) is 0 Å². The van der Waals surface area contributed by atoms with Crippen molar-refractivity contribution in [2.75, 3.05) is 0 Å². The molecule has 1 fully saturated rings. The van der Waals surface area contributed by atoms with E-state index in [2.05, 4.69) is 4.74 Å². The minimum absolute atomic E-state index is 0.0312. The standard InChI is InChI=1S/C8H10F5NO2/c9-7(10)3-1-2-4(5(7)14)16-6(15)8(11,12)13/h4-5H,1-3,14H2/t4-,5-/m1/s1. The lowest BCUT2D eigenvalue weighted by Crippen LogP contribution is -2.54. The van der Waals surface area contributed by atoms with E-state index in [0.717, 1.165) is 0 Å². The van der Waals surface area contributed by atoms with Gasteiger partial charge >= 0.3 is 12.1 Å². The fourth-order valence-corrected chi connectivity index (χ4v) is 1.49. The molecule has 0 saturated heterocycles. The van der Waals surface area contributed by atoms with Crippen LogP contribution in [0.15, 0.2) is 0 Å². The van der Waals surface area contributed by atoms with E-state index in [1.54, 1.807) is 0 Å². The van der Waals surface area contributed by atoms with Crippen molar-refractivity contribution in [1.82, 2.24) is 0 Å². The van der Waals surface area contributed by atoms with E-state index >= 15 is 0 Å². The number of nitrogens with two attached hydrogens (primary N) is 1. The van der Waals surface area contributed by atoms with Gasteiger partial charge in [0.2, 0.25) is 0 Å². The van der Waals surface area contributed by atoms with Crippen molar-refractivity contribution in [1.29, 1.82) is 0 Å². The molecular weight excluding hydrogens is 237 g/mol. The van der Waals surface area contributed by atoms with Crippen molar-refractivity contribution in [3.8, 4) is 0 Å². The minimum Gasteiger partial charge on any atom is -0.454 e. The zero-order valence-corrected chi connectivity index (χ0v) is 8.06. The average molecular weight is 247 g/mol. The van der Waals surface area contributed by atoms with Crippen LogP contribution in [-0.4, -0.2) is 30.2 Å². The van der Waals surface area contributed by atoms with Crippen LogP contribution < -0.4 is 5.73 Å². The Kier molecular flexibility index (Phi) is 3.41. The number of carbonyl (C=O) groups excluding carboxylic acids is 1. The summed E-state index contributed by atoms with van der Waals surface area (Å²) in [5.74, 6) is -5.78. The predicted octanol–water partition coefficient (Wildman–Crippen LogP) is 1.61. The Morgan fingerprint density at radius 1 is 1.38 bits per heavy atom. The molecule has 0 radical (unpaired) electrons. The molecule has 0 aromatic carbocycles. The lowest BCUT2D eigenvalue weighted by molar-refractivity contribution is -0.212. The molecule has 1 saturated carbocycles. The van der Waals surface area contributed by atoms with Gasteiger partial charge in [-0.1, -0.05) is 0 Å². The van der Waals surface area contributed by atoms with E-state index in [1.165, 1.54) is 0 Å². The molecule has 0 unspecified atom stereocenters. The monoisotopic (exact) mass is 247 g/mol. The van der Waals surface area contributed by atoms with Crippen LogP contribution >= 0.6 is 0 Å². The van der Waals surface area contributed by atoms with Crippen molar-refractivity contribution >= 4 is 5.97 Å². The summed E-state index contributed by atoms with van der Waals surface area (Å²) in [6, 6.07) is -1.88. The van der Waals surface area contributed by atoms with Crippen molar-refractivity contribution < 1.29 is 31.5 Å². The van der Waals surface area contributed by atoms with Crippen molar-refractivity contribution in [2.24, 2.45) is 5.73 Å². The molecule has 3 nitrogen and oxygen atoms in total. The van der Waals surface area contributed by atoms with Gasteiger partial charge in [-0.3, -0.25) is 0 Å². The molecule has 8 heteroatoms. The maximum Gasteiger partial charge on any atom is 0.490 e. The highest BCUT2D eigenvalue weighted by Crippen LogP contribution is 2.34. The van der Waals surface area contributed by atoms with E-state index in [-0.39, 0.29) is 12.8 Å². The summed E-state index contributed by atoms with van der Waals surface area (Å²) < 4.78 is 65.4. The molecule has 0 bridgehead atoms. The number of esters is 1. The summed E-state index contributed by atoms with van der Waals surface area (Å²) in [4.78, 5) is 10.4. The van der Waals surface area contributed by atoms with Gasteiger partial charge in [-0.15, -0.1) is 0 Å². The van der Waals surface area contributed by atoms with E-state index < -0.39 is 36.6 Å². The number of ether oxygens (including phenoxy) is 1. The number of rotatable bonds is 1. The lowest BCUT2D eigenvalue weighted by atomic mass is 9.89. The molecule has 0 heterocycles. The van der Waals surface area contributed by atoms with E-state index in [4.69, 9.17) is 5.73 Å². The van der Waals surface area contributed by atoms with Crippen LogP contribution in [0, 0.1) is 0 Å². The average Bonchev–Trinajstić information content (AvgIpc) is 2.11. The first-order chi connectivity index (χ1) is 7.14. The molecule has 0 spiro atoms. The smallest absolute Gasteiger partial charge is 0.454 e. The molecule has 0 amide bonds. The fraction of sp³-hybridized carbons (Fsp3) is 0.875. The Bertz CT molecular complexity index is 278. The van der Waals surface area contributed by atoms with E-state index in [9.17, 15) is 26.7 Å². The molecule has 0 aliphatic heterocycles. The molecule has 1 aliphatic rings. The number of hydrogen-bond donors (Lipinski definition) is 1. The number of alkyl halides is 5. The summed E-state index contributed by atoms with van der Waals surface area (Å²) in [7, 11) is 0. The van der Waals surface area contributed by atoms with Crippen LogP contribution in [0.1, 0.15) is 19.3 Å². The summed E-state index contributed by atoms with van der Waals surface area (Å²) in [5, 5.41) is 0. The highest BCUT2D eigenvalue weighted by Gasteiger charge is 2.49. The predicted molar refractivity (Wildman–Crippen MR) is 42.7 cm³/mol. The van der Waals surface area contributed by atoms with Crippen molar-refractivity contribution in [2.45, 2.75) is 43.5 Å². The molecular formula is C8H10F5NO2. The summed E-state index contributed by atoms with van der Waals surface area (Å²) >= 11 is 0. The van der Waals surface area contributed by atoms with Crippen molar-refractivity contribution in [3.63, 3.8) is 0 Å². The second-order valence-electron chi connectivity index (χ2n) is 3.62. The Morgan fingerprint density at radius 2 is 1.94 bits per heavy atom. The summed E-state index contributed by atoms with van der Waals surface area (Å²) in [6.45, 7) is 0. The SMILES string of the molecule is N[C@@H]1[C@H](OC(=O)C(F)(F)F)CCCC1(F)F. The topological polar surface area (TPSA) is 52.3 Å². The second kappa shape index (κ2) is 4.15. The Morgan fingerprint density at radius 3 is 2.44 bits per heavy atom. The molecule has 2 N–H and O–H groups in total. The molecule has 16 heavy (non-hydrogen) atoms. The van der Waals surface area contributed by atoms with Gasteiger partial charge in [-0.2, -0.15) is 13.2 Å². The van der Waals surface area contributed by atoms with Gasteiger partial charge in [0, 0.05) is 6.42 Å². The molecule has 1 rings (SSSR count). The highest BCUT2D eigenvalue weighted by atomic mass is 19.4. The third-order valence-corrected chi connectivity index (χ3v) is 2.38. The van der Waals surface area contributed by atoms with Gasteiger partial charge in [0.25, 0.3) is 5.92 Å². The molecule has 2 atom stereocenters. The molecule has 0 aromatic heterocycles. The molecule has 94 valence electrons. The number of halogens is 5. The normalized spacial score (nSPS) is 29.9. The third-order valence-electron chi connectivity index (χ3n) is 2.38. The lowest BCUT2D eigenvalue weighted by Gasteiger charge is -2.34. The Hall–Kier alpha value is -0.920. The van der Waals surface area contributed by atoms with Crippen LogP contribution in [0.4, 0.5) is 22.0 Å². The van der Waals surface area contributed by atoms with Gasteiger partial charge in [0.15, 0.2) is 0 Å². The van der Waals surface area contributed by atoms with Crippen LogP contribution in [-0.2, 0) is 9.53 Å². The fourth-order valence-electron chi connectivity index (χ4n) is 1.49.